The number of nitrogen functional groups attached to an aromatic ring is 1. The van der Waals surface area contributed by atoms with Crippen molar-refractivity contribution in [2.45, 2.75) is 13.0 Å². The lowest BCUT2D eigenvalue weighted by Crippen LogP contribution is -2.05. The summed E-state index contributed by atoms with van der Waals surface area (Å²) in [6.45, 7) is 2.93. The number of hydrogen-bond donors (Lipinski definition) is 1. The SMILES string of the molecule is COCCOCCCn1cnc(N)c1. The third-order valence-corrected chi connectivity index (χ3v) is 1.79. The number of anilines is 1. The van der Waals surface area contributed by atoms with Gasteiger partial charge in [0, 0.05) is 26.5 Å². The molecular formula is C9H17N3O2. The molecule has 0 atom stereocenters. The minimum atomic E-state index is 0.560. The molecule has 0 fully saturated rings. The smallest absolute Gasteiger partial charge is 0.141 e. The quantitative estimate of drug-likeness (QED) is 0.650. The third kappa shape index (κ3) is 4.25. The Morgan fingerprint density at radius 2 is 2.29 bits per heavy atom. The van der Waals surface area contributed by atoms with Crippen LogP contribution < -0.4 is 5.73 Å². The van der Waals surface area contributed by atoms with Gasteiger partial charge in [-0.15, -0.1) is 0 Å². The van der Waals surface area contributed by atoms with Crippen molar-refractivity contribution in [3.63, 3.8) is 0 Å². The summed E-state index contributed by atoms with van der Waals surface area (Å²) >= 11 is 0. The van der Waals surface area contributed by atoms with Crippen molar-refractivity contribution in [1.82, 2.24) is 9.55 Å². The predicted octanol–water partition coefficient (Wildman–Crippen LogP) is 0.518. The van der Waals surface area contributed by atoms with Gasteiger partial charge >= 0.3 is 0 Å². The van der Waals surface area contributed by atoms with Crippen molar-refractivity contribution >= 4 is 5.82 Å². The van der Waals surface area contributed by atoms with Crippen LogP contribution in [0.5, 0.6) is 0 Å². The van der Waals surface area contributed by atoms with Crippen LogP contribution in [-0.4, -0.2) is 36.5 Å². The Balaban J connectivity index is 1.99. The minimum absolute atomic E-state index is 0.560. The Labute approximate surface area is 83.8 Å². The van der Waals surface area contributed by atoms with Gasteiger partial charge in [0.2, 0.25) is 0 Å². The molecular weight excluding hydrogens is 182 g/mol. The summed E-state index contributed by atoms with van der Waals surface area (Å²) in [6, 6.07) is 0. The molecule has 0 saturated carbocycles. The molecule has 0 aliphatic rings. The highest BCUT2D eigenvalue weighted by atomic mass is 16.5. The van der Waals surface area contributed by atoms with Crippen molar-refractivity contribution in [3.8, 4) is 0 Å². The van der Waals surface area contributed by atoms with Gasteiger partial charge in [-0.2, -0.15) is 0 Å². The lowest BCUT2D eigenvalue weighted by atomic mass is 10.4. The highest BCUT2D eigenvalue weighted by Crippen LogP contribution is 1.97. The van der Waals surface area contributed by atoms with E-state index in [2.05, 4.69) is 4.98 Å². The van der Waals surface area contributed by atoms with Crippen molar-refractivity contribution in [2.24, 2.45) is 0 Å². The van der Waals surface area contributed by atoms with Crippen LogP contribution in [0.4, 0.5) is 5.82 Å². The topological polar surface area (TPSA) is 62.3 Å². The molecule has 0 radical (unpaired) electrons. The molecule has 1 aromatic heterocycles. The molecule has 5 nitrogen and oxygen atoms in total. The van der Waals surface area contributed by atoms with Gasteiger partial charge in [0.25, 0.3) is 0 Å². The van der Waals surface area contributed by atoms with Gasteiger partial charge in [0.1, 0.15) is 5.82 Å². The summed E-state index contributed by atoms with van der Waals surface area (Å²) in [6.07, 6.45) is 4.50. The largest absolute Gasteiger partial charge is 0.382 e. The average molecular weight is 199 g/mol. The Bertz CT molecular complexity index is 250. The van der Waals surface area contributed by atoms with Gasteiger partial charge in [-0.3, -0.25) is 0 Å². The lowest BCUT2D eigenvalue weighted by Gasteiger charge is -2.03. The highest BCUT2D eigenvalue weighted by molar-refractivity contribution is 5.22. The average Bonchev–Trinajstić information content (AvgIpc) is 2.58. The second kappa shape index (κ2) is 6.39. The molecule has 0 aliphatic heterocycles. The summed E-state index contributed by atoms with van der Waals surface area (Å²) in [5, 5.41) is 0. The Kier molecular flexibility index (Phi) is 5.03. The normalized spacial score (nSPS) is 10.6. The van der Waals surface area contributed by atoms with E-state index in [-0.39, 0.29) is 0 Å². The van der Waals surface area contributed by atoms with Gasteiger partial charge in [-0.1, -0.05) is 0 Å². The fourth-order valence-corrected chi connectivity index (χ4v) is 1.09. The molecule has 14 heavy (non-hydrogen) atoms. The number of aromatic nitrogens is 2. The molecule has 5 heteroatoms. The van der Waals surface area contributed by atoms with Gasteiger partial charge in [-0.05, 0) is 6.42 Å². The van der Waals surface area contributed by atoms with Crippen LogP contribution in [0.2, 0.25) is 0 Å². The van der Waals surface area contributed by atoms with E-state index in [9.17, 15) is 0 Å². The molecule has 0 aliphatic carbocycles. The van der Waals surface area contributed by atoms with E-state index >= 15 is 0 Å². The lowest BCUT2D eigenvalue weighted by molar-refractivity contribution is 0.0680. The van der Waals surface area contributed by atoms with Crippen LogP contribution in [0.1, 0.15) is 6.42 Å². The molecule has 2 N–H and O–H groups in total. The van der Waals surface area contributed by atoms with E-state index in [1.807, 2.05) is 10.8 Å². The van der Waals surface area contributed by atoms with Crippen LogP contribution >= 0.6 is 0 Å². The van der Waals surface area contributed by atoms with Crippen molar-refractivity contribution in [1.29, 1.82) is 0 Å². The van der Waals surface area contributed by atoms with Crippen LogP contribution in [0.15, 0.2) is 12.5 Å². The summed E-state index contributed by atoms with van der Waals surface area (Å²) in [4.78, 5) is 3.92. The van der Waals surface area contributed by atoms with E-state index in [1.54, 1.807) is 13.4 Å². The molecule has 1 aromatic rings. The summed E-state index contributed by atoms with van der Waals surface area (Å²) in [5.74, 6) is 0.560. The van der Waals surface area contributed by atoms with E-state index in [0.29, 0.717) is 19.0 Å². The number of methoxy groups -OCH3 is 1. The van der Waals surface area contributed by atoms with Crippen LogP contribution in [0, 0.1) is 0 Å². The van der Waals surface area contributed by atoms with Crippen molar-refractivity contribution in [2.75, 3.05) is 32.7 Å². The van der Waals surface area contributed by atoms with Crippen LogP contribution in [0.3, 0.4) is 0 Å². The van der Waals surface area contributed by atoms with E-state index < -0.39 is 0 Å². The van der Waals surface area contributed by atoms with Gasteiger partial charge in [0.15, 0.2) is 0 Å². The number of nitrogens with zero attached hydrogens (tertiary/aromatic N) is 2. The number of nitrogens with two attached hydrogens (primary N) is 1. The zero-order valence-electron chi connectivity index (χ0n) is 8.48. The molecule has 0 aromatic carbocycles. The summed E-state index contributed by atoms with van der Waals surface area (Å²) < 4.78 is 12.1. The zero-order valence-corrected chi connectivity index (χ0v) is 8.48. The number of hydrogen-bond acceptors (Lipinski definition) is 4. The fourth-order valence-electron chi connectivity index (χ4n) is 1.09. The van der Waals surface area contributed by atoms with Crippen LogP contribution in [-0.2, 0) is 16.0 Å². The Morgan fingerprint density at radius 1 is 1.43 bits per heavy atom. The summed E-state index contributed by atoms with van der Waals surface area (Å²) in [7, 11) is 1.66. The molecule has 80 valence electrons. The van der Waals surface area contributed by atoms with Crippen molar-refractivity contribution in [3.05, 3.63) is 12.5 Å². The van der Waals surface area contributed by atoms with Gasteiger partial charge < -0.3 is 19.8 Å². The molecule has 0 unspecified atom stereocenters. The first-order chi connectivity index (χ1) is 6.83. The Hall–Kier alpha value is -1.07. The van der Waals surface area contributed by atoms with E-state index in [1.165, 1.54) is 0 Å². The maximum absolute atomic E-state index is 5.47. The zero-order chi connectivity index (χ0) is 10.2. The number of imidazole rings is 1. The molecule has 1 rings (SSSR count). The minimum Gasteiger partial charge on any atom is -0.382 e. The Morgan fingerprint density at radius 3 is 2.93 bits per heavy atom. The fraction of sp³-hybridized carbons (Fsp3) is 0.667. The highest BCUT2D eigenvalue weighted by Gasteiger charge is 1.94. The molecule has 0 saturated heterocycles. The monoisotopic (exact) mass is 199 g/mol. The third-order valence-electron chi connectivity index (χ3n) is 1.79. The van der Waals surface area contributed by atoms with Gasteiger partial charge in [-0.25, -0.2) is 4.98 Å². The van der Waals surface area contributed by atoms with E-state index in [0.717, 1.165) is 19.6 Å². The standard InChI is InChI=1S/C9H17N3O2/c1-13-5-6-14-4-2-3-12-7-9(10)11-8-12/h7-8H,2-6,10H2,1H3. The maximum Gasteiger partial charge on any atom is 0.141 e. The second-order valence-corrected chi connectivity index (χ2v) is 3.00. The first-order valence-corrected chi connectivity index (χ1v) is 4.67. The molecule has 1 heterocycles. The number of ether oxygens (including phenoxy) is 2. The van der Waals surface area contributed by atoms with Crippen molar-refractivity contribution < 1.29 is 9.47 Å². The molecule has 0 amide bonds. The number of rotatable bonds is 7. The van der Waals surface area contributed by atoms with E-state index in [4.69, 9.17) is 15.2 Å². The number of aryl methyl sites for hydroxylation is 1. The van der Waals surface area contributed by atoms with Gasteiger partial charge in [0.05, 0.1) is 19.5 Å². The summed E-state index contributed by atoms with van der Waals surface area (Å²) in [5.41, 5.74) is 5.47. The first kappa shape index (κ1) is 11.0. The molecule has 0 spiro atoms. The first-order valence-electron chi connectivity index (χ1n) is 4.67. The van der Waals surface area contributed by atoms with Crippen LogP contribution in [0.25, 0.3) is 0 Å². The predicted molar refractivity (Wildman–Crippen MR) is 54.0 cm³/mol. The second-order valence-electron chi connectivity index (χ2n) is 3.00. The molecule has 0 bridgehead atoms. The maximum atomic E-state index is 5.47.